The van der Waals surface area contributed by atoms with Crippen molar-refractivity contribution in [3.05, 3.63) is 27.3 Å². The Bertz CT molecular complexity index is 308. The van der Waals surface area contributed by atoms with E-state index in [2.05, 4.69) is 27.9 Å². The van der Waals surface area contributed by atoms with E-state index in [-0.39, 0.29) is 5.91 Å². The molecule has 2 rings (SSSR count). The minimum atomic E-state index is 0.0357. The van der Waals surface area contributed by atoms with Crippen molar-refractivity contribution in [3.63, 3.8) is 0 Å². The van der Waals surface area contributed by atoms with Gasteiger partial charge in [-0.25, -0.2) is 0 Å². The Morgan fingerprint density at radius 2 is 2.20 bits per heavy atom. The van der Waals surface area contributed by atoms with Gasteiger partial charge in [0.05, 0.1) is 11.3 Å². The summed E-state index contributed by atoms with van der Waals surface area (Å²) in [6.45, 7) is 0. The topological polar surface area (TPSA) is 29.1 Å². The van der Waals surface area contributed by atoms with Crippen molar-refractivity contribution >= 4 is 34.2 Å². The second kappa shape index (κ2) is 1.95. The average molecular weight is 245 g/mol. The summed E-state index contributed by atoms with van der Waals surface area (Å²) in [6, 6.07) is 5.77. The van der Waals surface area contributed by atoms with Crippen LogP contribution >= 0.6 is 22.6 Å². The number of hydrogen-bond donors (Lipinski definition) is 1. The smallest absolute Gasteiger partial charge is 0.257 e. The number of benzene rings is 1. The highest BCUT2D eigenvalue weighted by Crippen LogP contribution is 2.26. The first-order valence-corrected chi connectivity index (χ1v) is 3.96. The maximum absolute atomic E-state index is 10.8. The number of fused-ring (bicyclic) bond motifs is 1. The van der Waals surface area contributed by atoms with Gasteiger partial charge in [-0.15, -0.1) is 0 Å². The number of halogens is 1. The molecule has 1 heterocycles. The van der Waals surface area contributed by atoms with Gasteiger partial charge >= 0.3 is 0 Å². The quantitative estimate of drug-likeness (QED) is 0.694. The highest BCUT2D eigenvalue weighted by molar-refractivity contribution is 14.1. The SMILES string of the molecule is O=C1Nc2ccc(I)cc21. The van der Waals surface area contributed by atoms with Crippen LogP contribution in [0.1, 0.15) is 10.4 Å². The molecule has 0 aliphatic carbocycles. The number of amides is 1. The number of carbonyl (C=O) groups excluding carboxylic acids is 1. The average Bonchev–Trinajstić information content (AvgIpc) is 1.92. The number of anilines is 1. The van der Waals surface area contributed by atoms with Gasteiger partial charge in [-0.3, -0.25) is 4.79 Å². The lowest BCUT2D eigenvalue weighted by Gasteiger charge is -2.18. The van der Waals surface area contributed by atoms with E-state index in [1.54, 1.807) is 0 Å². The normalized spacial score (nSPS) is 13.5. The van der Waals surface area contributed by atoms with E-state index < -0.39 is 0 Å². The van der Waals surface area contributed by atoms with Crippen molar-refractivity contribution < 1.29 is 4.79 Å². The van der Waals surface area contributed by atoms with Crippen molar-refractivity contribution in [3.8, 4) is 0 Å². The summed E-state index contributed by atoms with van der Waals surface area (Å²) in [5.74, 6) is 0.0357. The van der Waals surface area contributed by atoms with E-state index in [9.17, 15) is 4.79 Å². The second-order valence-electron chi connectivity index (χ2n) is 2.14. The van der Waals surface area contributed by atoms with Crippen LogP contribution in [0.4, 0.5) is 5.69 Å². The van der Waals surface area contributed by atoms with Crippen LogP contribution in [0.3, 0.4) is 0 Å². The summed E-state index contributed by atoms with van der Waals surface area (Å²) in [7, 11) is 0. The predicted octanol–water partition coefficient (Wildman–Crippen LogP) is 1.86. The van der Waals surface area contributed by atoms with E-state index >= 15 is 0 Å². The number of rotatable bonds is 0. The van der Waals surface area contributed by atoms with Crippen molar-refractivity contribution in [2.24, 2.45) is 0 Å². The zero-order valence-electron chi connectivity index (χ0n) is 5.02. The van der Waals surface area contributed by atoms with Crippen LogP contribution in [0, 0.1) is 3.57 Å². The molecule has 0 spiro atoms. The van der Waals surface area contributed by atoms with Crippen LogP contribution in [0.25, 0.3) is 0 Å². The lowest BCUT2D eigenvalue weighted by molar-refractivity contribution is 0.101. The molecule has 10 heavy (non-hydrogen) atoms. The molecule has 0 radical (unpaired) electrons. The molecule has 1 aliphatic heterocycles. The van der Waals surface area contributed by atoms with Crippen molar-refractivity contribution in [1.82, 2.24) is 0 Å². The molecule has 50 valence electrons. The first-order valence-electron chi connectivity index (χ1n) is 2.88. The third-order valence-electron chi connectivity index (χ3n) is 1.47. The van der Waals surface area contributed by atoms with Gasteiger partial charge in [-0.2, -0.15) is 0 Å². The Balaban J connectivity index is 2.61. The third-order valence-corrected chi connectivity index (χ3v) is 2.15. The Hall–Kier alpha value is -0.580. The molecule has 0 saturated heterocycles. The molecule has 0 unspecified atom stereocenters. The fraction of sp³-hybridized carbons (Fsp3) is 0. The van der Waals surface area contributed by atoms with Gasteiger partial charge in [0.15, 0.2) is 0 Å². The summed E-state index contributed by atoms with van der Waals surface area (Å²) in [6.07, 6.45) is 0. The number of hydrogen-bond acceptors (Lipinski definition) is 1. The third kappa shape index (κ3) is 0.733. The van der Waals surface area contributed by atoms with Crippen molar-refractivity contribution in [2.75, 3.05) is 5.32 Å². The summed E-state index contributed by atoms with van der Waals surface area (Å²) >= 11 is 2.19. The summed E-state index contributed by atoms with van der Waals surface area (Å²) in [5, 5.41) is 2.67. The zero-order valence-corrected chi connectivity index (χ0v) is 7.18. The minimum absolute atomic E-state index is 0.0357. The Kier molecular flexibility index (Phi) is 1.20. The fourth-order valence-electron chi connectivity index (χ4n) is 0.940. The van der Waals surface area contributed by atoms with Crippen LogP contribution in [0.5, 0.6) is 0 Å². The van der Waals surface area contributed by atoms with Gasteiger partial charge in [0.2, 0.25) is 0 Å². The summed E-state index contributed by atoms with van der Waals surface area (Å²) in [4.78, 5) is 10.8. The van der Waals surface area contributed by atoms with E-state index in [1.165, 1.54) is 0 Å². The Morgan fingerprint density at radius 3 is 2.80 bits per heavy atom. The molecule has 1 aliphatic rings. The molecule has 0 bridgehead atoms. The van der Waals surface area contributed by atoms with Gasteiger partial charge < -0.3 is 5.32 Å². The zero-order chi connectivity index (χ0) is 7.14. The first-order chi connectivity index (χ1) is 4.77. The van der Waals surface area contributed by atoms with Gasteiger partial charge in [-0.05, 0) is 40.8 Å². The lowest BCUT2D eigenvalue weighted by Crippen LogP contribution is -2.24. The van der Waals surface area contributed by atoms with Crippen molar-refractivity contribution in [1.29, 1.82) is 0 Å². The highest BCUT2D eigenvalue weighted by Gasteiger charge is 2.21. The number of carbonyl (C=O) groups is 1. The molecule has 0 fully saturated rings. The van der Waals surface area contributed by atoms with E-state index in [0.717, 1.165) is 14.8 Å². The molecule has 2 nitrogen and oxygen atoms in total. The maximum Gasteiger partial charge on any atom is 0.257 e. The molecular formula is C7H4INO. The van der Waals surface area contributed by atoms with Crippen LogP contribution in [0.15, 0.2) is 18.2 Å². The van der Waals surface area contributed by atoms with Crippen LogP contribution in [0.2, 0.25) is 0 Å². The van der Waals surface area contributed by atoms with Gasteiger partial charge in [0.25, 0.3) is 5.91 Å². The number of nitrogens with one attached hydrogen (secondary N) is 1. The molecule has 1 N–H and O–H groups in total. The standard InChI is InChI=1S/C7H4INO/c8-4-1-2-6-5(3-4)7(10)9-6/h1-3H,(H,9,10). The molecule has 3 heteroatoms. The van der Waals surface area contributed by atoms with E-state index in [4.69, 9.17) is 0 Å². The van der Waals surface area contributed by atoms with Crippen LogP contribution < -0.4 is 5.32 Å². The molecule has 0 saturated carbocycles. The first kappa shape index (κ1) is 6.15. The van der Waals surface area contributed by atoms with Gasteiger partial charge in [0.1, 0.15) is 0 Å². The fourth-order valence-corrected chi connectivity index (χ4v) is 1.43. The van der Waals surface area contributed by atoms with E-state index in [1.807, 2.05) is 18.2 Å². The molecule has 1 aromatic carbocycles. The molecule has 1 aromatic rings. The monoisotopic (exact) mass is 245 g/mol. The van der Waals surface area contributed by atoms with Crippen LogP contribution in [-0.4, -0.2) is 5.91 Å². The largest absolute Gasteiger partial charge is 0.321 e. The van der Waals surface area contributed by atoms with E-state index in [0.29, 0.717) is 0 Å². The summed E-state index contributed by atoms with van der Waals surface area (Å²) < 4.78 is 1.10. The van der Waals surface area contributed by atoms with Crippen molar-refractivity contribution in [2.45, 2.75) is 0 Å². The lowest BCUT2D eigenvalue weighted by atomic mass is 10.1. The Labute approximate surface area is 71.8 Å². The maximum atomic E-state index is 10.8. The minimum Gasteiger partial charge on any atom is -0.321 e. The molecule has 1 amide bonds. The molecular weight excluding hydrogens is 241 g/mol. The Morgan fingerprint density at radius 1 is 1.40 bits per heavy atom. The van der Waals surface area contributed by atoms with Gasteiger partial charge in [-0.1, -0.05) is 0 Å². The second-order valence-corrected chi connectivity index (χ2v) is 3.39. The summed E-state index contributed by atoms with van der Waals surface area (Å²) in [5.41, 5.74) is 1.76. The molecule has 0 atom stereocenters. The highest BCUT2D eigenvalue weighted by atomic mass is 127. The van der Waals surface area contributed by atoms with Gasteiger partial charge in [0, 0.05) is 3.57 Å². The molecule has 0 aromatic heterocycles. The van der Waals surface area contributed by atoms with Crippen LogP contribution in [-0.2, 0) is 0 Å². The predicted molar refractivity (Wildman–Crippen MR) is 47.1 cm³/mol.